The van der Waals surface area contributed by atoms with Crippen LogP contribution in [0, 0.1) is 0 Å². The Hall–Kier alpha value is -3.34. The molecule has 3 aliphatic rings. The lowest BCUT2D eigenvalue weighted by atomic mass is 9.71. The van der Waals surface area contributed by atoms with Gasteiger partial charge in [-0.05, 0) is 63.0 Å². The van der Waals surface area contributed by atoms with E-state index in [-0.39, 0.29) is 23.8 Å². The van der Waals surface area contributed by atoms with Crippen LogP contribution >= 0.6 is 0 Å². The van der Waals surface area contributed by atoms with Crippen LogP contribution in [-0.4, -0.2) is 24.5 Å². The van der Waals surface area contributed by atoms with Crippen LogP contribution in [0.5, 0.6) is 5.75 Å². The molecule has 0 saturated heterocycles. The molecule has 0 aromatic heterocycles. The molecule has 1 saturated carbocycles. The number of nitrogens with one attached hydrogen (secondary N) is 1. The van der Waals surface area contributed by atoms with Gasteiger partial charge in [0.2, 0.25) is 0 Å². The topological polar surface area (TPSA) is 64.6 Å². The number of carbonyl (C=O) groups excluding carboxylic acids is 2. The number of benzene rings is 2. The summed E-state index contributed by atoms with van der Waals surface area (Å²) in [6.45, 7) is 4.57. The summed E-state index contributed by atoms with van der Waals surface area (Å²) < 4.78 is 12.2. The molecule has 1 N–H and O–H groups in total. The van der Waals surface area contributed by atoms with E-state index in [9.17, 15) is 9.59 Å². The molecule has 5 rings (SSSR count). The van der Waals surface area contributed by atoms with Crippen LogP contribution in [0.4, 0.5) is 0 Å². The predicted molar refractivity (Wildman–Crippen MR) is 144 cm³/mol. The van der Waals surface area contributed by atoms with Gasteiger partial charge in [0.15, 0.2) is 5.78 Å². The van der Waals surface area contributed by atoms with E-state index in [1.807, 2.05) is 49.4 Å². The van der Waals surface area contributed by atoms with Crippen LogP contribution in [0.15, 0.2) is 77.1 Å². The Bertz CT molecular complexity index is 1210. The summed E-state index contributed by atoms with van der Waals surface area (Å²) >= 11 is 0. The second-order valence-electron chi connectivity index (χ2n) is 10.5. The van der Waals surface area contributed by atoms with Gasteiger partial charge < -0.3 is 14.8 Å². The van der Waals surface area contributed by atoms with Crippen LogP contribution in [0.1, 0.15) is 88.2 Å². The second kappa shape index (κ2) is 11.4. The fourth-order valence-corrected chi connectivity index (χ4v) is 6.04. The van der Waals surface area contributed by atoms with E-state index in [1.54, 1.807) is 0 Å². The highest BCUT2D eigenvalue weighted by Crippen LogP contribution is 2.48. The molecule has 1 heterocycles. The Morgan fingerprint density at radius 1 is 0.973 bits per heavy atom. The number of hydrogen-bond donors (Lipinski definition) is 1. The summed E-state index contributed by atoms with van der Waals surface area (Å²) in [5.74, 6) is 0.0716. The van der Waals surface area contributed by atoms with Crippen molar-refractivity contribution in [1.29, 1.82) is 0 Å². The molecule has 5 nitrogen and oxygen atoms in total. The van der Waals surface area contributed by atoms with Gasteiger partial charge in [0, 0.05) is 29.0 Å². The normalized spacial score (nSPS) is 22.4. The van der Waals surface area contributed by atoms with Crippen LogP contribution in [0.25, 0.3) is 0 Å². The Kier molecular flexibility index (Phi) is 7.78. The van der Waals surface area contributed by atoms with Crippen molar-refractivity contribution in [3.05, 3.63) is 88.3 Å². The molecular formula is C32H37NO4. The molecule has 2 aliphatic carbocycles. The molecule has 2 aromatic rings. The lowest BCUT2D eigenvalue weighted by Crippen LogP contribution is -2.37. The van der Waals surface area contributed by atoms with Crippen LogP contribution < -0.4 is 10.1 Å². The highest BCUT2D eigenvalue weighted by molar-refractivity contribution is 6.04. The van der Waals surface area contributed by atoms with Crippen LogP contribution in [0.3, 0.4) is 0 Å². The summed E-state index contributed by atoms with van der Waals surface area (Å²) in [5.41, 5.74) is 4.90. The largest absolute Gasteiger partial charge is 0.493 e. The molecule has 37 heavy (non-hydrogen) atoms. The smallest absolute Gasteiger partial charge is 0.337 e. The summed E-state index contributed by atoms with van der Waals surface area (Å²) in [5, 5.41) is 3.48. The predicted octanol–water partition coefficient (Wildman–Crippen LogP) is 6.71. The maximum Gasteiger partial charge on any atom is 0.337 e. The van der Waals surface area contributed by atoms with E-state index in [1.165, 1.54) is 6.42 Å². The van der Waals surface area contributed by atoms with Crippen molar-refractivity contribution < 1.29 is 19.1 Å². The van der Waals surface area contributed by atoms with E-state index in [4.69, 9.17) is 9.47 Å². The molecule has 0 radical (unpaired) electrons. The monoisotopic (exact) mass is 499 g/mol. The van der Waals surface area contributed by atoms with Gasteiger partial charge in [-0.1, -0.05) is 61.9 Å². The fourth-order valence-electron chi connectivity index (χ4n) is 6.04. The van der Waals surface area contributed by atoms with Gasteiger partial charge >= 0.3 is 5.97 Å². The molecule has 0 bridgehead atoms. The third-order valence-electron chi connectivity index (χ3n) is 7.84. The van der Waals surface area contributed by atoms with Gasteiger partial charge in [-0.3, -0.25) is 4.79 Å². The number of esters is 1. The number of para-hydroxylation sites is 1. The van der Waals surface area contributed by atoms with E-state index in [2.05, 4.69) is 24.4 Å². The number of ether oxygens (including phenoxy) is 2. The van der Waals surface area contributed by atoms with Crippen molar-refractivity contribution in [1.82, 2.24) is 5.32 Å². The van der Waals surface area contributed by atoms with E-state index in [0.29, 0.717) is 24.2 Å². The molecule has 1 aliphatic heterocycles. The minimum atomic E-state index is -0.510. The number of hydrogen-bond acceptors (Lipinski definition) is 5. The molecule has 5 heteroatoms. The Labute approximate surface area is 219 Å². The zero-order valence-electron chi connectivity index (χ0n) is 21.9. The van der Waals surface area contributed by atoms with Gasteiger partial charge in [-0.2, -0.15) is 0 Å². The average molecular weight is 500 g/mol. The molecule has 2 aromatic carbocycles. The van der Waals surface area contributed by atoms with E-state index < -0.39 is 5.92 Å². The maximum atomic E-state index is 13.9. The average Bonchev–Trinajstić information content (AvgIpc) is 2.92. The van der Waals surface area contributed by atoms with E-state index >= 15 is 0 Å². The zero-order chi connectivity index (χ0) is 25.8. The number of ketones is 1. The SMILES string of the molecule is CCCOc1ccccc1[C@H]1C(C(=O)OC2CCCCC2)=C(C)NC2=C1C(=O)C[C@H](c1ccccc1)C2. The number of Topliss-reactive ketones (excluding diaryl/α,β-unsaturated/α-hetero) is 1. The van der Waals surface area contributed by atoms with Crippen LogP contribution in [-0.2, 0) is 14.3 Å². The Morgan fingerprint density at radius 3 is 2.46 bits per heavy atom. The highest BCUT2D eigenvalue weighted by atomic mass is 16.5. The van der Waals surface area contributed by atoms with E-state index in [0.717, 1.165) is 66.8 Å². The summed E-state index contributed by atoms with van der Waals surface area (Å²) in [4.78, 5) is 27.6. The van der Waals surface area contributed by atoms with Gasteiger partial charge in [-0.25, -0.2) is 4.79 Å². The van der Waals surface area contributed by atoms with Gasteiger partial charge in [-0.15, -0.1) is 0 Å². The molecular weight excluding hydrogens is 462 g/mol. The molecule has 0 spiro atoms. The van der Waals surface area contributed by atoms with Crippen molar-refractivity contribution in [2.24, 2.45) is 0 Å². The standard InChI is InChI=1S/C32H37NO4/c1-3-18-36-28-17-11-10-16-25(28)30-29(32(35)37-24-14-8-5-9-15-24)21(2)33-26-19-23(20-27(34)31(26)30)22-12-6-4-7-13-22/h4,6-7,10-13,16-17,23-24,30,33H,3,5,8-9,14-15,18-20H2,1-2H3/t23-,30+/m1/s1. The first kappa shape index (κ1) is 25.3. The van der Waals surface area contributed by atoms with Crippen LogP contribution in [0.2, 0.25) is 0 Å². The first-order chi connectivity index (χ1) is 18.1. The molecule has 0 amide bonds. The summed E-state index contributed by atoms with van der Waals surface area (Å²) in [7, 11) is 0. The quantitative estimate of drug-likeness (QED) is 0.429. The van der Waals surface area contributed by atoms with Gasteiger partial charge in [0.1, 0.15) is 11.9 Å². The third-order valence-corrected chi connectivity index (χ3v) is 7.84. The Balaban J connectivity index is 1.56. The highest BCUT2D eigenvalue weighted by Gasteiger charge is 2.42. The van der Waals surface area contributed by atoms with Crippen molar-refractivity contribution in [3.63, 3.8) is 0 Å². The van der Waals surface area contributed by atoms with Gasteiger partial charge in [0.05, 0.1) is 18.1 Å². The fraction of sp³-hybridized carbons (Fsp3) is 0.438. The molecule has 194 valence electrons. The number of carbonyl (C=O) groups is 2. The first-order valence-corrected chi connectivity index (χ1v) is 13.8. The minimum Gasteiger partial charge on any atom is -0.493 e. The first-order valence-electron chi connectivity index (χ1n) is 13.8. The lowest BCUT2D eigenvalue weighted by molar-refractivity contribution is -0.146. The third kappa shape index (κ3) is 5.36. The Morgan fingerprint density at radius 2 is 1.70 bits per heavy atom. The lowest BCUT2D eigenvalue weighted by Gasteiger charge is -2.37. The number of dihydropyridines is 1. The minimum absolute atomic E-state index is 0.0614. The number of allylic oxidation sites excluding steroid dienone is 3. The van der Waals surface area contributed by atoms with Crippen molar-refractivity contribution in [3.8, 4) is 5.75 Å². The van der Waals surface area contributed by atoms with Crippen molar-refractivity contribution in [2.75, 3.05) is 6.61 Å². The van der Waals surface area contributed by atoms with Crippen molar-refractivity contribution in [2.45, 2.75) is 83.2 Å². The second-order valence-corrected chi connectivity index (χ2v) is 10.5. The molecule has 0 unspecified atom stereocenters. The maximum absolute atomic E-state index is 13.9. The molecule has 2 atom stereocenters. The van der Waals surface area contributed by atoms with Gasteiger partial charge in [0.25, 0.3) is 0 Å². The zero-order valence-corrected chi connectivity index (χ0v) is 21.9. The summed E-state index contributed by atoms with van der Waals surface area (Å²) in [6.07, 6.45) is 7.11. The summed E-state index contributed by atoms with van der Waals surface area (Å²) in [6, 6.07) is 18.0. The van der Waals surface area contributed by atoms with Crippen molar-refractivity contribution >= 4 is 11.8 Å². The molecule has 1 fully saturated rings. The number of rotatable bonds is 7.